The highest BCUT2D eigenvalue weighted by atomic mass is 16.5. The maximum atomic E-state index is 13.6. The van der Waals surface area contributed by atoms with Crippen LogP contribution >= 0.6 is 0 Å². The highest BCUT2D eigenvalue weighted by molar-refractivity contribution is 6.05. The summed E-state index contributed by atoms with van der Waals surface area (Å²) < 4.78 is 11.9. The van der Waals surface area contributed by atoms with Gasteiger partial charge in [0.1, 0.15) is 5.75 Å². The van der Waals surface area contributed by atoms with Crippen molar-refractivity contribution in [1.82, 2.24) is 24.0 Å². The monoisotopic (exact) mass is 528 g/mol. The first kappa shape index (κ1) is 26.8. The Morgan fingerprint density at radius 3 is 2.41 bits per heavy atom. The number of likely N-dealkylation sites (tertiary alicyclic amines) is 1. The number of methoxy groups -OCH3 is 1. The number of aromatic nitrogens is 4. The van der Waals surface area contributed by atoms with Gasteiger partial charge in [-0.1, -0.05) is 32.9 Å². The van der Waals surface area contributed by atoms with E-state index >= 15 is 0 Å². The molecule has 0 spiro atoms. The molecule has 0 aliphatic carbocycles. The standard InChI is InChI=1S/C31H40N6O2/c1-20-10-11-22(15-27(20)37-19-28(35(37)7)25-17-32-34(6)21(25)2)30(38)33-26-16-24(31(3,4)5)14-23(29(26)39-8)18-36-12-9-13-36/h10-11,14-17,19H,9,12-13,18H2,1-8H3,(H,33,38). The second-order valence-corrected chi connectivity index (χ2v) is 11.7. The second-order valence-electron chi connectivity index (χ2n) is 11.7. The number of nitrogens with one attached hydrogen (secondary N) is 1. The summed E-state index contributed by atoms with van der Waals surface area (Å²) >= 11 is 0. The minimum atomic E-state index is -0.161. The maximum Gasteiger partial charge on any atom is 0.255 e. The third-order valence-electron chi connectivity index (χ3n) is 7.97. The molecule has 3 heterocycles. The minimum Gasteiger partial charge on any atom is -0.494 e. The molecule has 0 radical (unpaired) electrons. The van der Waals surface area contributed by atoms with Crippen LogP contribution in [0.2, 0.25) is 0 Å². The molecule has 206 valence electrons. The van der Waals surface area contributed by atoms with Crippen LogP contribution in [-0.4, -0.2) is 50.2 Å². The van der Waals surface area contributed by atoms with Crippen molar-refractivity contribution in [2.24, 2.45) is 14.1 Å². The van der Waals surface area contributed by atoms with E-state index in [-0.39, 0.29) is 11.3 Å². The molecule has 8 heteroatoms. The molecule has 1 amide bonds. The van der Waals surface area contributed by atoms with E-state index in [1.165, 1.54) is 12.0 Å². The molecule has 2 aromatic carbocycles. The van der Waals surface area contributed by atoms with Crippen molar-refractivity contribution in [2.75, 3.05) is 25.5 Å². The van der Waals surface area contributed by atoms with Gasteiger partial charge in [-0.05, 0) is 68.1 Å². The lowest BCUT2D eigenvalue weighted by Gasteiger charge is -2.32. The summed E-state index contributed by atoms with van der Waals surface area (Å²) in [5, 5.41) is 7.55. The molecule has 0 bridgehead atoms. The maximum absolute atomic E-state index is 13.6. The van der Waals surface area contributed by atoms with Gasteiger partial charge in [0.05, 0.1) is 36.6 Å². The fourth-order valence-corrected chi connectivity index (χ4v) is 5.12. The van der Waals surface area contributed by atoms with E-state index in [1.54, 1.807) is 7.11 Å². The number of hydrogen-bond donors (Lipinski definition) is 1. The average molecular weight is 529 g/mol. The number of nitrogens with zero attached hydrogens (tertiary/aromatic N) is 5. The topological polar surface area (TPSA) is 69.2 Å². The highest BCUT2D eigenvalue weighted by Crippen LogP contribution is 2.37. The van der Waals surface area contributed by atoms with Crippen LogP contribution in [0.5, 0.6) is 5.75 Å². The number of carbonyl (C=O) groups is 1. The molecule has 1 saturated heterocycles. The SMILES string of the molecule is COc1c(CN2CCC2)cc(C(C)(C)C)cc1NC(=O)c1ccc(C)c(-n2cc(-c3cnn(C)c3C)n2C)c1. The number of ether oxygens (including phenoxy) is 1. The molecule has 1 fully saturated rings. The Morgan fingerprint density at radius 2 is 1.85 bits per heavy atom. The summed E-state index contributed by atoms with van der Waals surface area (Å²) in [7, 11) is 5.65. The van der Waals surface area contributed by atoms with Crippen LogP contribution in [0, 0.1) is 13.8 Å². The van der Waals surface area contributed by atoms with Crippen molar-refractivity contribution in [3.05, 3.63) is 70.7 Å². The normalized spacial score (nSPS) is 13.9. The smallest absolute Gasteiger partial charge is 0.255 e. The zero-order valence-electron chi connectivity index (χ0n) is 24.4. The second kappa shape index (κ2) is 10.1. The number of aryl methyl sites for hydroxylation is 2. The molecule has 8 nitrogen and oxygen atoms in total. The summed E-state index contributed by atoms with van der Waals surface area (Å²) in [5.74, 6) is 0.573. The Balaban J connectivity index is 1.46. The van der Waals surface area contributed by atoms with Gasteiger partial charge in [-0.15, -0.1) is 0 Å². The van der Waals surface area contributed by atoms with E-state index in [1.807, 2.05) is 43.2 Å². The van der Waals surface area contributed by atoms with E-state index in [9.17, 15) is 4.79 Å². The number of hydrogen-bond acceptors (Lipinski definition) is 4. The van der Waals surface area contributed by atoms with Crippen LogP contribution in [0.3, 0.4) is 0 Å². The van der Waals surface area contributed by atoms with Gasteiger partial charge in [0.15, 0.2) is 0 Å². The summed E-state index contributed by atoms with van der Waals surface area (Å²) in [4.78, 5) is 16.0. The van der Waals surface area contributed by atoms with E-state index in [0.29, 0.717) is 11.3 Å². The molecular formula is C31H40N6O2. The van der Waals surface area contributed by atoms with Crippen molar-refractivity contribution < 1.29 is 9.53 Å². The molecule has 4 aromatic rings. The van der Waals surface area contributed by atoms with E-state index < -0.39 is 0 Å². The lowest BCUT2D eigenvalue weighted by atomic mass is 9.85. The molecule has 5 rings (SSSR count). The van der Waals surface area contributed by atoms with E-state index in [4.69, 9.17) is 4.74 Å². The molecule has 1 N–H and O–H groups in total. The Morgan fingerprint density at radius 1 is 1.10 bits per heavy atom. The predicted molar refractivity (Wildman–Crippen MR) is 156 cm³/mol. The fourth-order valence-electron chi connectivity index (χ4n) is 5.12. The Hall–Kier alpha value is -3.78. The van der Waals surface area contributed by atoms with Crippen molar-refractivity contribution in [3.63, 3.8) is 0 Å². The zero-order chi connectivity index (χ0) is 28.1. The molecule has 2 aromatic heterocycles. The van der Waals surface area contributed by atoms with E-state index in [2.05, 4.69) is 77.6 Å². The van der Waals surface area contributed by atoms with Gasteiger partial charge in [-0.2, -0.15) is 5.10 Å². The quantitative estimate of drug-likeness (QED) is 0.339. The van der Waals surface area contributed by atoms with Gasteiger partial charge < -0.3 is 10.1 Å². The van der Waals surface area contributed by atoms with Gasteiger partial charge in [0.2, 0.25) is 0 Å². The first-order chi connectivity index (χ1) is 18.5. The number of amides is 1. The van der Waals surface area contributed by atoms with Crippen molar-refractivity contribution in [2.45, 2.75) is 53.0 Å². The highest BCUT2D eigenvalue weighted by Gasteiger charge is 2.24. The molecule has 1 aliphatic rings. The Labute approximate surface area is 231 Å². The van der Waals surface area contributed by atoms with Crippen molar-refractivity contribution in [1.29, 1.82) is 0 Å². The number of benzene rings is 2. The molecule has 1 aliphatic heterocycles. The van der Waals surface area contributed by atoms with Gasteiger partial charge >= 0.3 is 0 Å². The van der Waals surface area contributed by atoms with Crippen molar-refractivity contribution >= 4 is 11.6 Å². The summed E-state index contributed by atoms with van der Waals surface area (Å²) in [5.41, 5.74) is 8.86. The first-order valence-electron chi connectivity index (χ1n) is 13.6. The van der Waals surface area contributed by atoms with Crippen LogP contribution < -0.4 is 10.1 Å². The van der Waals surface area contributed by atoms with Crippen LogP contribution in [0.15, 0.2) is 42.7 Å². The summed E-state index contributed by atoms with van der Waals surface area (Å²) in [6.45, 7) is 13.7. The summed E-state index contributed by atoms with van der Waals surface area (Å²) in [6, 6.07) is 10.1. The molecule has 0 atom stereocenters. The van der Waals surface area contributed by atoms with Crippen LogP contribution in [0.1, 0.15) is 59.9 Å². The van der Waals surface area contributed by atoms with E-state index in [0.717, 1.165) is 59.1 Å². The zero-order valence-corrected chi connectivity index (χ0v) is 24.4. The average Bonchev–Trinajstić information content (AvgIpc) is 3.18. The van der Waals surface area contributed by atoms with Gasteiger partial charge in [-0.3, -0.25) is 23.7 Å². The van der Waals surface area contributed by atoms with Crippen LogP contribution in [0.4, 0.5) is 5.69 Å². The first-order valence-corrected chi connectivity index (χ1v) is 13.6. The number of anilines is 1. The third kappa shape index (κ3) is 5.01. The molecular weight excluding hydrogens is 488 g/mol. The largest absolute Gasteiger partial charge is 0.494 e. The fraction of sp³-hybridized carbons (Fsp3) is 0.419. The van der Waals surface area contributed by atoms with Crippen LogP contribution in [-0.2, 0) is 26.1 Å². The molecule has 0 saturated carbocycles. The number of carbonyl (C=O) groups excluding carboxylic acids is 1. The summed E-state index contributed by atoms with van der Waals surface area (Å²) in [6.07, 6.45) is 5.21. The van der Waals surface area contributed by atoms with Gasteiger partial charge in [-0.25, -0.2) is 0 Å². The van der Waals surface area contributed by atoms with Crippen LogP contribution in [0.25, 0.3) is 16.9 Å². The molecule has 0 unspecified atom stereocenters. The Bertz CT molecular complexity index is 1530. The van der Waals surface area contributed by atoms with Gasteiger partial charge in [0, 0.05) is 43.0 Å². The third-order valence-corrected chi connectivity index (χ3v) is 7.97. The number of rotatable bonds is 7. The predicted octanol–water partition coefficient (Wildman–Crippen LogP) is 5.60. The molecule has 39 heavy (non-hydrogen) atoms. The lowest BCUT2D eigenvalue weighted by molar-refractivity contribution is 0.102. The lowest BCUT2D eigenvalue weighted by Crippen LogP contribution is -2.36. The van der Waals surface area contributed by atoms with Gasteiger partial charge in [0.25, 0.3) is 5.91 Å². The van der Waals surface area contributed by atoms with Crippen molar-refractivity contribution in [3.8, 4) is 22.7 Å². The Kier molecular flexibility index (Phi) is 6.93. The minimum absolute atomic E-state index is 0.0643.